The van der Waals surface area contributed by atoms with Gasteiger partial charge in [0.05, 0.1) is 21.6 Å². The highest BCUT2D eigenvalue weighted by atomic mass is 32.2. The summed E-state index contributed by atoms with van der Waals surface area (Å²) in [4.78, 5) is 70.3. The summed E-state index contributed by atoms with van der Waals surface area (Å²) >= 11 is 2.18. The number of thiazole rings is 1. The highest BCUT2D eigenvalue weighted by Gasteiger charge is 2.57. The summed E-state index contributed by atoms with van der Waals surface area (Å²) in [6.45, 7) is 1.21. The van der Waals surface area contributed by atoms with Crippen molar-refractivity contribution in [2.75, 3.05) is 37.0 Å². The number of thioether (sulfide) groups is 1. The number of nitrogens with zero attached hydrogens (tertiary/aromatic N) is 5. The fraction of sp³-hybridized carbons (Fsp3) is 0.379. The number of rotatable bonds is 6. The molecule has 0 bridgehead atoms. The summed E-state index contributed by atoms with van der Waals surface area (Å²) in [6, 6.07) is 13.0. The fourth-order valence-electron chi connectivity index (χ4n) is 5.95. The topological polar surface area (TPSA) is 126 Å². The van der Waals surface area contributed by atoms with Crippen LogP contribution in [0.4, 0.5) is 17.1 Å². The first kappa shape index (κ1) is 28.2. The Hall–Kier alpha value is -3.97. The van der Waals surface area contributed by atoms with Gasteiger partial charge in [-0.3, -0.25) is 33.9 Å². The number of imide groups is 1. The van der Waals surface area contributed by atoms with Gasteiger partial charge in [0.15, 0.2) is 0 Å². The lowest BCUT2D eigenvalue weighted by Gasteiger charge is -2.31. The lowest BCUT2D eigenvalue weighted by atomic mass is 9.83. The molecule has 13 heteroatoms. The number of benzene rings is 2. The zero-order chi connectivity index (χ0) is 29.7. The number of nitro benzene ring substituents is 1. The molecule has 6 rings (SSSR count). The lowest BCUT2D eigenvalue weighted by Crippen LogP contribution is -2.39. The summed E-state index contributed by atoms with van der Waals surface area (Å²) in [5.41, 5.74) is 1.86. The van der Waals surface area contributed by atoms with Crippen LogP contribution in [0.5, 0.6) is 0 Å². The van der Waals surface area contributed by atoms with Crippen LogP contribution < -0.4 is 14.7 Å². The van der Waals surface area contributed by atoms with Crippen molar-refractivity contribution in [3.63, 3.8) is 0 Å². The van der Waals surface area contributed by atoms with Crippen LogP contribution in [0, 0.1) is 16.0 Å². The van der Waals surface area contributed by atoms with E-state index in [0.717, 1.165) is 58.5 Å². The third kappa shape index (κ3) is 4.79. The Balaban J connectivity index is 1.42. The highest BCUT2D eigenvalue weighted by Crippen LogP contribution is 2.54. The molecule has 2 fully saturated rings. The molecule has 0 unspecified atom stereocenters. The molecular weight excluding hydrogens is 578 g/mol. The van der Waals surface area contributed by atoms with Crippen LogP contribution in [0.1, 0.15) is 35.6 Å². The SMILES string of the molecule is CN(C)c1ccc([C@@H]2c3sc(=O)n(CC(=O)N4CCCCC4)c3S[C@H]3C(=O)N(c4ccc([N+](=O)[O-])cc4)C(=O)[C@@H]23)cc1. The second-order valence-corrected chi connectivity index (χ2v) is 13.0. The average Bonchev–Trinajstić information content (AvgIpc) is 3.43. The third-order valence-electron chi connectivity index (χ3n) is 8.14. The van der Waals surface area contributed by atoms with Crippen molar-refractivity contribution in [2.45, 2.75) is 42.0 Å². The van der Waals surface area contributed by atoms with E-state index in [1.807, 2.05) is 43.3 Å². The molecule has 0 radical (unpaired) electrons. The Kier molecular flexibility index (Phi) is 7.39. The number of fused-ring (bicyclic) bond motifs is 2. The molecule has 2 saturated heterocycles. The van der Waals surface area contributed by atoms with E-state index in [9.17, 15) is 29.3 Å². The van der Waals surface area contributed by atoms with Gasteiger partial charge in [-0.15, -0.1) is 0 Å². The van der Waals surface area contributed by atoms with Crippen LogP contribution in [-0.4, -0.2) is 64.5 Å². The second-order valence-electron chi connectivity index (χ2n) is 10.9. The number of aromatic nitrogens is 1. The van der Waals surface area contributed by atoms with Crippen LogP contribution in [0.2, 0.25) is 0 Å². The largest absolute Gasteiger partial charge is 0.378 e. The van der Waals surface area contributed by atoms with E-state index in [-0.39, 0.29) is 28.7 Å². The van der Waals surface area contributed by atoms with Gasteiger partial charge in [0.2, 0.25) is 17.7 Å². The second kappa shape index (κ2) is 11.0. The highest BCUT2D eigenvalue weighted by molar-refractivity contribution is 8.00. The van der Waals surface area contributed by atoms with Gasteiger partial charge < -0.3 is 9.80 Å². The molecule has 3 amide bonds. The minimum absolute atomic E-state index is 0.116. The average molecular weight is 608 g/mol. The van der Waals surface area contributed by atoms with Crippen LogP contribution in [-0.2, 0) is 20.9 Å². The molecule has 11 nitrogen and oxygen atoms in total. The van der Waals surface area contributed by atoms with E-state index >= 15 is 0 Å². The number of likely N-dealkylation sites (tertiary alicyclic amines) is 1. The molecule has 3 aliphatic rings. The Bertz CT molecular complexity index is 1630. The van der Waals surface area contributed by atoms with Crippen LogP contribution >= 0.6 is 23.1 Å². The molecule has 42 heavy (non-hydrogen) atoms. The van der Waals surface area contributed by atoms with Crippen molar-refractivity contribution >= 4 is 57.9 Å². The predicted octanol–water partition coefficient (Wildman–Crippen LogP) is 3.69. The molecule has 4 heterocycles. The monoisotopic (exact) mass is 607 g/mol. The number of hydrogen-bond acceptors (Lipinski definition) is 9. The Labute approximate surface area is 249 Å². The molecule has 0 saturated carbocycles. The van der Waals surface area contributed by atoms with Gasteiger partial charge >= 0.3 is 4.87 Å². The predicted molar refractivity (Wildman–Crippen MR) is 160 cm³/mol. The van der Waals surface area contributed by atoms with Crippen LogP contribution in [0.25, 0.3) is 0 Å². The summed E-state index contributed by atoms with van der Waals surface area (Å²) in [6.07, 6.45) is 2.94. The maximum absolute atomic E-state index is 14.0. The molecule has 1 aromatic heterocycles. The van der Waals surface area contributed by atoms with Crippen molar-refractivity contribution in [3.05, 3.63) is 78.8 Å². The standard InChI is InChI=1S/C29H29N5O6S2/c1-30(2)18-8-6-17(7-9-18)22-23-24(27(37)33(26(23)36)19-10-12-20(13-11-19)34(39)40)41-28-25(22)42-29(38)32(28)16-21(35)31-14-4-3-5-15-31/h6-13,22-24H,3-5,14-16H2,1-2H3/t22-,23-,24+/m0/s1. The molecule has 2 aromatic carbocycles. The number of amides is 3. The summed E-state index contributed by atoms with van der Waals surface area (Å²) in [5, 5.41) is 10.9. The van der Waals surface area contributed by atoms with E-state index in [2.05, 4.69) is 0 Å². The number of carbonyl (C=O) groups excluding carboxylic acids is 3. The number of carbonyl (C=O) groups is 3. The first-order valence-corrected chi connectivity index (χ1v) is 15.4. The number of non-ortho nitro benzene ring substituents is 1. The van der Waals surface area contributed by atoms with E-state index in [1.165, 1.54) is 28.8 Å². The summed E-state index contributed by atoms with van der Waals surface area (Å²) in [7, 11) is 3.85. The normalized spacial score (nSPS) is 21.7. The maximum atomic E-state index is 14.0. The number of anilines is 2. The fourth-order valence-corrected chi connectivity index (χ4v) is 8.72. The van der Waals surface area contributed by atoms with E-state index in [0.29, 0.717) is 23.0 Å². The van der Waals surface area contributed by atoms with E-state index in [4.69, 9.17) is 0 Å². The molecule has 3 aliphatic heterocycles. The third-order valence-corrected chi connectivity index (χ3v) is 10.7. The van der Waals surface area contributed by atoms with Crippen molar-refractivity contribution in [2.24, 2.45) is 5.92 Å². The first-order chi connectivity index (χ1) is 20.2. The molecule has 218 valence electrons. The van der Waals surface area contributed by atoms with Gasteiger partial charge in [0.1, 0.15) is 11.8 Å². The Morgan fingerprint density at radius 2 is 1.64 bits per heavy atom. The number of nitro groups is 1. The van der Waals surface area contributed by atoms with Gasteiger partial charge in [-0.25, -0.2) is 4.90 Å². The summed E-state index contributed by atoms with van der Waals surface area (Å²) < 4.78 is 1.46. The van der Waals surface area contributed by atoms with Gasteiger partial charge in [-0.2, -0.15) is 0 Å². The van der Waals surface area contributed by atoms with Crippen LogP contribution in [0.15, 0.2) is 58.4 Å². The minimum atomic E-state index is -0.830. The lowest BCUT2D eigenvalue weighted by molar-refractivity contribution is -0.384. The van der Waals surface area contributed by atoms with Crippen molar-refractivity contribution in [3.8, 4) is 0 Å². The van der Waals surface area contributed by atoms with Gasteiger partial charge in [0, 0.05) is 55.8 Å². The molecule has 0 spiro atoms. The van der Waals surface area contributed by atoms with Gasteiger partial charge in [0.25, 0.3) is 5.69 Å². The summed E-state index contributed by atoms with van der Waals surface area (Å²) in [5.74, 6) is -2.37. The minimum Gasteiger partial charge on any atom is -0.378 e. The number of hydrogen-bond donors (Lipinski definition) is 0. The molecule has 3 aromatic rings. The van der Waals surface area contributed by atoms with Crippen molar-refractivity contribution in [1.82, 2.24) is 9.47 Å². The Morgan fingerprint density at radius 1 is 0.976 bits per heavy atom. The zero-order valence-corrected chi connectivity index (χ0v) is 24.7. The first-order valence-electron chi connectivity index (χ1n) is 13.7. The molecular formula is C29H29N5O6S2. The van der Waals surface area contributed by atoms with Crippen LogP contribution in [0.3, 0.4) is 0 Å². The molecule has 0 N–H and O–H groups in total. The quantitative estimate of drug-likeness (QED) is 0.236. The smallest absolute Gasteiger partial charge is 0.308 e. The van der Waals surface area contributed by atoms with Crippen molar-refractivity contribution < 1.29 is 19.3 Å². The van der Waals surface area contributed by atoms with E-state index in [1.54, 1.807) is 4.90 Å². The Morgan fingerprint density at radius 3 is 2.26 bits per heavy atom. The zero-order valence-electron chi connectivity index (χ0n) is 23.1. The van der Waals surface area contributed by atoms with E-state index < -0.39 is 33.8 Å². The number of piperidine rings is 1. The van der Waals surface area contributed by atoms with Crippen molar-refractivity contribution in [1.29, 1.82) is 0 Å². The van der Waals surface area contributed by atoms with Gasteiger partial charge in [-0.1, -0.05) is 35.2 Å². The molecule has 0 aliphatic carbocycles. The maximum Gasteiger partial charge on any atom is 0.308 e. The molecule has 3 atom stereocenters. The van der Waals surface area contributed by atoms with Gasteiger partial charge in [-0.05, 0) is 49.1 Å².